The van der Waals surface area contributed by atoms with Crippen LogP contribution in [0.3, 0.4) is 0 Å². The normalized spacial score (nSPS) is 14.8. The van der Waals surface area contributed by atoms with Gasteiger partial charge in [-0.05, 0) is 39.5 Å². The number of fused-ring (bicyclic) bond motifs is 1. The van der Waals surface area contributed by atoms with Gasteiger partial charge in [0.1, 0.15) is 0 Å². The first-order chi connectivity index (χ1) is 8.16. The Morgan fingerprint density at radius 3 is 3.00 bits per heavy atom. The van der Waals surface area contributed by atoms with Crippen LogP contribution >= 0.6 is 0 Å². The molecule has 17 heavy (non-hydrogen) atoms. The Morgan fingerprint density at radius 1 is 1.47 bits per heavy atom. The molecule has 0 saturated heterocycles. The number of nitrogens with one attached hydrogen (secondary N) is 1. The van der Waals surface area contributed by atoms with Gasteiger partial charge < -0.3 is 9.88 Å². The third-order valence-corrected chi connectivity index (χ3v) is 3.14. The van der Waals surface area contributed by atoms with E-state index in [-0.39, 0.29) is 11.9 Å². The van der Waals surface area contributed by atoms with Gasteiger partial charge in [0.2, 0.25) is 5.91 Å². The number of aromatic nitrogens is 2. The van der Waals surface area contributed by atoms with Crippen molar-refractivity contribution in [3.05, 3.63) is 17.7 Å². The quantitative estimate of drug-likeness (QED) is 0.863. The van der Waals surface area contributed by atoms with E-state index in [0.717, 1.165) is 19.4 Å². The van der Waals surface area contributed by atoms with Gasteiger partial charge in [0.05, 0.1) is 12.0 Å². The number of hydrogen-bond donors (Lipinski definition) is 1. The molecule has 0 atom stereocenters. The maximum absolute atomic E-state index is 11.6. The third kappa shape index (κ3) is 3.08. The Hall–Kier alpha value is -1.32. The topological polar surface area (TPSA) is 46.9 Å². The average molecular weight is 235 g/mol. The van der Waals surface area contributed by atoms with Crippen LogP contribution in [0, 0.1) is 0 Å². The molecule has 0 unspecified atom stereocenters. The van der Waals surface area contributed by atoms with Gasteiger partial charge in [-0.1, -0.05) is 0 Å². The van der Waals surface area contributed by atoms with E-state index in [1.165, 1.54) is 24.2 Å². The van der Waals surface area contributed by atoms with Crippen molar-refractivity contribution < 1.29 is 4.79 Å². The van der Waals surface area contributed by atoms with Crippen LogP contribution in [-0.2, 0) is 24.2 Å². The van der Waals surface area contributed by atoms with Gasteiger partial charge >= 0.3 is 0 Å². The Morgan fingerprint density at radius 2 is 2.24 bits per heavy atom. The van der Waals surface area contributed by atoms with Gasteiger partial charge in [-0.2, -0.15) is 0 Å². The summed E-state index contributed by atoms with van der Waals surface area (Å²) in [5.74, 6) is 0.123. The monoisotopic (exact) mass is 235 g/mol. The minimum atomic E-state index is 0.123. The van der Waals surface area contributed by atoms with Crippen molar-refractivity contribution in [3.8, 4) is 0 Å². The number of carbonyl (C=O) groups is 1. The van der Waals surface area contributed by atoms with Crippen LogP contribution in [0.15, 0.2) is 6.33 Å². The van der Waals surface area contributed by atoms with Gasteiger partial charge in [-0.3, -0.25) is 4.79 Å². The number of aryl methyl sites for hydroxylation is 2. The highest BCUT2D eigenvalue weighted by atomic mass is 16.1. The van der Waals surface area contributed by atoms with Crippen LogP contribution in [-0.4, -0.2) is 21.5 Å². The number of carbonyl (C=O) groups excluding carboxylic acids is 1. The first kappa shape index (κ1) is 12.1. The maximum Gasteiger partial charge on any atom is 0.221 e. The zero-order valence-electron chi connectivity index (χ0n) is 10.7. The van der Waals surface area contributed by atoms with Crippen LogP contribution in [0.4, 0.5) is 0 Å². The van der Waals surface area contributed by atoms with Crippen molar-refractivity contribution in [3.63, 3.8) is 0 Å². The molecule has 0 radical (unpaired) electrons. The average Bonchev–Trinajstić information content (AvgIpc) is 2.69. The lowest BCUT2D eigenvalue weighted by Crippen LogP contribution is -2.30. The fourth-order valence-electron chi connectivity index (χ4n) is 2.34. The Balaban J connectivity index is 1.91. The molecule has 0 aromatic carbocycles. The first-order valence-corrected chi connectivity index (χ1v) is 6.49. The van der Waals surface area contributed by atoms with Crippen LogP contribution in [0.2, 0.25) is 0 Å². The van der Waals surface area contributed by atoms with Crippen molar-refractivity contribution >= 4 is 5.91 Å². The number of nitrogens with zero attached hydrogens (tertiary/aromatic N) is 2. The van der Waals surface area contributed by atoms with E-state index >= 15 is 0 Å². The number of amides is 1. The molecule has 1 N–H and O–H groups in total. The molecule has 1 aromatic heterocycles. The largest absolute Gasteiger partial charge is 0.354 e. The lowest BCUT2D eigenvalue weighted by Gasteiger charge is -2.14. The summed E-state index contributed by atoms with van der Waals surface area (Å²) in [6.07, 6.45) is 7.13. The minimum absolute atomic E-state index is 0.123. The molecule has 4 nitrogen and oxygen atoms in total. The predicted molar refractivity (Wildman–Crippen MR) is 66.8 cm³/mol. The van der Waals surface area contributed by atoms with Crippen molar-refractivity contribution in [1.82, 2.24) is 14.9 Å². The second kappa shape index (κ2) is 5.34. The molecular formula is C13H21N3O. The molecule has 0 saturated carbocycles. The molecular weight excluding hydrogens is 214 g/mol. The first-order valence-electron chi connectivity index (χ1n) is 6.49. The molecule has 1 aromatic rings. The predicted octanol–water partition coefficient (Wildman–Crippen LogP) is 1.68. The summed E-state index contributed by atoms with van der Waals surface area (Å²) >= 11 is 0. The number of imidazole rings is 1. The van der Waals surface area contributed by atoms with Crippen LogP contribution in [0.1, 0.15) is 44.5 Å². The molecule has 4 heteroatoms. The SMILES string of the molecule is CC(C)NC(=O)CCn1cnc2c1CCCC2. The molecule has 0 bridgehead atoms. The van der Waals surface area contributed by atoms with E-state index in [1.54, 1.807) is 0 Å². The van der Waals surface area contributed by atoms with E-state index in [4.69, 9.17) is 0 Å². The van der Waals surface area contributed by atoms with Crippen molar-refractivity contribution in [2.75, 3.05) is 0 Å². The van der Waals surface area contributed by atoms with Gasteiger partial charge in [0.15, 0.2) is 0 Å². The molecule has 0 spiro atoms. The van der Waals surface area contributed by atoms with E-state index in [1.807, 2.05) is 20.2 Å². The molecule has 1 aliphatic rings. The Kier molecular flexibility index (Phi) is 3.82. The summed E-state index contributed by atoms with van der Waals surface area (Å²) in [5, 5.41) is 2.91. The summed E-state index contributed by atoms with van der Waals surface area (Å²) < 4.78 is 2.15. The zero-order valence-corrected chi connectivity index (χ0v) is 10.7. The summed E-state index contributed by atoms with van der Waals surface area (Å²) in [5.41, 5.74) is 2.58. The molecule has 0 fully saturated rings. The van der Waals surface area contributed by atoms with Gasteiger partial charge in [0.25, 0.3) is 0 Å². The maximum atomic E-state index is 11.6. The van der Waals surface area contributed by atoms with Crippen molar-refractivity contribution in [1.29, 1.82) is 0 Å². The molecule has 2 rings (SSSR count). The van der Waals surface area contributed by atoms with Crippen molar-refractivity contribution in [2.24, 2.45) is 0 Å². The van der Waals surface area contributed by atoms with Gasteiger partial charge in [-0.25, -0.2) is 4.98 Å². The molecule has 1 heterocycles. The van der Waals surface area contributed by atoms with E-state index in [0.29, 0.717) is 6.42 Å². The molecule has 94 valence electrons. The summed E-state index contributed by atoms with van der Waals surface area (Å²) in [4.78, 5) is 16.0. The highest BCUT2D eigenvalue weighted by Crippen LogP contribution is 2.19. The summed E-state index contributed by atoms with van der Waals surface area (Å²) in [6.45, 7) is 4.72. The van der Waals surface area contributed by atoms with Crippen LogP contribution in [0.25, 0.3) is 0 Å². The Labute approximate surface area is 102 Å². The van der Waals surface area contributed by atoms with Gasteiger partial charge in [-0.15, -0.1) is 0 Å². The van der Waals surface area contributed by atoms with E-state index in [2.05, 4.69) is 14.9 Å². The second-order valence-electron chi connectivity index (χ2n) is 5.01. The number of rotatable bonds is 4. The molecule has 0 aliphatic heterocycles. The summed E-state index contributed by atoms with van der Waals surface area (Å²) in [7, 11) is 0. The standard InChI is InChI=1S/C13H21N3O/c1-10(2)15-13(17)7-8-16-9-14-11-5-3-4-6-12(11)16/h9-10H,3-8H2,1-2H3,(H,15,17). The minimum Gasteiger partial charge on any atom is -0.354 e. The summed E-state index contributed by atoms with van der Waals surface area (Å²) in [6, 6.07) is 0.221. The smallest absolute Gasteiger partial charge is 0.221 e. The third-order valence-electron chi connectivity index (χ3n) is 3.14. The highest BCUT2D eigenvalue weighted by molar-refractivity contribution is 5.76. The molecule has 1 amide bonds. The lowest BCUT2D eigenvalue weighted by atomic mass is 10.0. The fraction of sp³-hybridized carbons (Fsp3) is 0.692. The Bertz CT molecular complexity index is 395. The van der Waals surface area contributed by atoms with Crippen molar-refractivity contribution in [2.45, 2.75) is 58.5 Å². The lowest BCUT2D eigenvalue weighted by molar-refractivity contribution is -0.121. The van der Waals surface area contributed by atoms with E-state index < -0.39 is 0 Å². The van der Waals surface area contributed by atoms with E-state index in [9.17, 15) is 4.79 Å². The zero-order chi connectivity index (χ0) is 12.3. The number of hydrogen-bond acceptors (Lipinski definition) is 2. The fourth-order valence-corrected chi connectivity index (χ4v) is 2.34. The highest BCUT2D eigenvalue weighted by Gasteiger charge is 2.15. The molecule has 1 aliphatic carbocycles. The second-order valence-corrected chi connectivity index (χ2v) is 5.01. The van der Waals surface area contributed by atoms with Gasteiger partial charge in [0, 0.05) is 24.7 Å². The van der Waals surface area contributed by atoms with Crippen LogP contribution < -0.4 is 5.32 Å². The van der Waals surface area contributed by atoms with Crippen LogP contribution in [0.5, 0.6) is 0 Å².